The van der Waals surface area contributed by atoms with Crippen LogP contribution in [0.5, 0.6) is 0 Å². The van der Waals surface area contributed by atoms with Gasteiger partial charge < -0.3 is 0 Å². The summed E-state index contributed by atoms with van der Waals surface area (Å²) in [5, 5.41) is 4.05. The Balaban J connectivity index is 1.29. The van der Waals surface area contributed by atoms with E-state index in [9.17, 15) is 8.78 Å². The third-order valence-corrected chi connectivity index (χ3v) is 15.9. The van der Waals surface area contributed by atoms with Gasteiger partial charge in [0.1, 0.15) is 0 Å². The first-order valence-electron chi connectivity index (χ1n) is 13.6. The number of likely N-dealkylation sites (tertiary alicyclic amines) is 1. The molecule has 3 heterocycles. The number of rotatable bonds is 6. The first kappa shape index (κ1) is 23.8. The molecule has 1 saturated carbocycles. The van der Waals surface area contributed by atoms with Crippen molar-refractivity contribution in [1.82, 2.24) is 10.2 Å². The monoisotopic (exact) mass is 582 g/mol. The van der Waals surface area contributed by atoms with Gasteiger partial charge in [-0.2, -0.15) is 0 Å². The molecule has 0 aromatic rings. The number of piperidine rings is 1. The van der Waals surface area contributed by atoms with Crippen LogP contribution < -0.4 is 5.32 Å². The summed E-state index contributed by atoms with van der Waals surface area (Å²) in [6.07, 6.45) is 14.8. The van der Waals surface area contributed by atoms with Crippen LogP contribution in [0, 0.1) is 11.8 Å². The predicted molar refractivity (Wildman–Crippen MR) is 146 cm³/mol. The van der Waals surface area contributed by atoms with Gasteiger partial charge in [-0.05, 0) is 0 Å². The van der Waals surface area contributed by atoms with E-state index in [1.165, 1.54) is 44.8 Å². The molecule has 5 heteroatoms. The number of alkyl halides is 3. The number of hydrogen-bond acceptors (Lipinski definition) is 2. The van der Waals surface area contributed by atoms with Gasteiger partial charge in [0.2, 0.25) is 0 Å². The molecule has 2 nitrogen and oxygen atoms in total. The molecule has 0 radical (unpaired) electrons. The fraction of sp³-hybridized carbons (Fsp3) is 0.724. The molecule has 34 heavy (non-hydrogen) atoms. The first-order valence-corrected chi connectivity index (χ1v) is 17.4. The molecule has 0 spiro atoms. The topological polar surface area (TPSA) is 15.3 Å². The van der Waals surface area contributed by atoms with Gasteiger partial charge in [-0.15, -0.1) is 0 Å². The molecule has 1 N–H and O–H groups in total. The van der Waals surface area contributed by atoms with Crippen LogP contribution in [-0.4, -0.2) is 51.4 Å². The quantitative estimate of drug-likeness (QED) is 0.206. The van der Waals surface area contributed by atoms with Crippen LogP contribution in [0.15, 0.2) is 43.1 Å². The van der Waals surface area contributed by atoms with E-state index in [4.69, 9.17) is 0 Å². The molecule has 9 atom stereocenters. The molecule has 188 valence electrons. The number of nitrogens with zero attached hydrogens (tertiary/aromatic N) is 1. The van der Waals surface area contributed by atoms with Crippen molar-refractivity contribution in [1.29, 1.82) is 0 Å². The van der Waals surface area contributed by atoms with Gasteiger partial charge >= 0.3 is 212 Å². The molecule has 8 unspecified atom stereocenters. The van der Waals surface area contributed by atoms with E-state index < -0.39 is 32.2 Å². The number of nitrogens with one attached hydrogen (secondary N) is 1. The maximum absolute atomic E-state index is 14.2. The van der Waals surface area contributed by atoms with Crippen molar-refractivity contribution in [3.05, 3.63) is 43.1 Å². The second kappa shape index (κ2) is 9.09. The summed E-state index contributed by atoms with van der Waals surface area (Å²) in [5.41, 5.74) is 2.84. The van der Waals surface area contributed by atoms with Crippen molar-refractivity contribution in [2.75, 3.05) is 4.43 Å². The van der Waals surface area contributed by atoms with Crippen molar-refractivity contribution in [3.8, 4) is 0 Å². The van der Waals surface area contributed by atoms with Gasteiger partial charge in [-0.1, -0.05) is 0 Å². The predicted octanol–water partition coefficient (Wildman–Crippen LogP) is 7.02. The van der Waals surface area contributed by atoms with Gasteiger partial charge in [0, 0.05) is 0 Å². The Morgan fingerprint density at radius 1 is 1.21 bits per heavy atom. The molecule has 0 amide bonds. The van der Waals surface area contributed by atoms with Gasteiger partial charge in [-0.3, -0.25) is 0 Å². The maximum atomic E-state index is 14.2. The number of allylic oxidation sites excluding steroid dienone is 6. The van der Waals surface area contributed by atoms with Crippen LogP contribution in [0.3, 0.4) is 0 Å². The van der Waals surface area contributed by atoms with Crippen LogP contribution >= 0.6 is 19.8 Å². The number of hydrogen-bond donors (Lipinski definition) is 1. The van der Waals surface area contributed by atoms with Crippen molar-refractivity contribution >= 4 is 19.8 Å². The molecule has 3 aliphatic carbocycles. The fourth-order valence-electron chi connectivity index (χ4n) is 7.73. The molecule has 0 aromatic heterocycles. The van der Waals surface area contributed by atoms with E-state index in [0.717, 1.165) is 18.4 Å². The van der Waals surface area contributed by atoms with Crippen molar-refractivity contribution in [2.24, 2.45) is 11.8 Å². The Bertz CT molecular complexity index is 930. The van der Waals surface area contributed by atoms with Crippen LogP contribution in [0.4, 0.5) is 8.78 Å². The van der Waals surface area contributed by atoms with E-state index in [-0.39, 0.29) is 5.54 Å². The van der Waals surface area contributed by atoms with E-state index in [1.807, 2.05) is 6.08 Å². The zero-order chi connectivity index (χ0) is 23.6. The minimum absolute atomic E-state index is 0.0366. The second-order valence-corrected chi connectivity index (χ2v) is 17.1. The fourth-order valence-corrected chi connectivity index (χ4v) is 13.9. The van der Waals surface area contributed by atoms with Crippen LogP contribution in [0.25, 0.3) is 0 Å². The first-order chi connectivity index (χ1) is 16.3. The van der Waals surface area contributed by atoms with Crippen molar-refractivity contribution < 1.29 is 8.78 Å². The molecule has 2 saturated heterocycles. The molecule has 0 aromatic carbocycles. The molecule has 6 aliphatic rings. The van der Waals surface area contributed by atoms with Crippen LogP contribution in [0.1, 0.15) is 72.1 Å². The zero-order valence-electron chi connectivity index (χ0n) is 21.0. The standard InChI is InChI=1S/C29H41F2IN2/c1-18-4-11-25(17-32-13-12-21-7-10-24(31)16-26(21)32)34(18)29(3,28-15-22-14-27(22)33-28)19(2)20-5-8-23(30)9-6-20/h5,7,10,12-13,18-19,22-25,27-28,33H,4,6,8-9,11,14-17H2,1-3H3/t18?,19?,22?,23?,24?,25?,27?,28?,29-/m1/s1. The Kier molecular flexibility index (Phi) is 6.38. The van der Waals surface area contributed by atoms with E-state index in [2.05, 4.69) is 47.2 Å². The van der Waals surface area contributed by atoms with Crippen LogP contribution in [0.2, 0.25) is 0 Å². The molecule has 3 fully saturated rings. The van der Waals surface area contributed by atoms with E-state index >= 15 is 0 Å². The summed E-state index contributed by atoms with van der Waals surface area (Å²) in [4.78, 5) is 2.93. The molecular formula is C29H41F2IN2. The van der Waals surface area contributed by atoms with E-state index in [1.54, 1.807) is 6.08 Å². The summed E-state index contributed by atoms with van der Waals surface area (Å²) in [6, 6.07) is 2.36. The zero-order valence-corrected chi connectivity index (χ0v) is 23.1. The van der Waals surface area contributed by atoms with Gasteiger partial charge in [0.25, 0.3) is 0 Å². The van der Waals surface area contributed by atoms with E-state index in [0.29, 0.717) is 43.3 Å². The SMILES string of the molecule is CC1CCC(CI2C=CC3=C2CC(F)C=C3)N1[C@@](C)(C1CC2CC2N1)C(C)C1=CCC(F)CC1. The summed E-state index contributed by atoms with van der Waals surface area (Å²) in [5.74, 6) is 1.28. The Morgan fingerprint density at radius 3 is 2.79 bits per heavy atom. The Morgan fingerprint density at radius 2 is 2.06 bits per heavy atom. The van der Waals surface area contributed by atoms with Gasteiger partial charge in [-0.25, -0.2) is 0 Å². The molecule has 0 bridgehead atoms. The molecule has 3 aliphatic heterocycles. The number of halogens is 3. The number of fused-ring (bicyclic) bond motifs is 1. The summed E-state index contributed by atoms with van der Waals surface area (Å²) in [6.45, 7) is 7.41. The average Bonchev–Trinajstić information content (AvgIpc) is 3.13. The Labute approximate surface area is 211 Å². The van der Waals surface area contributed by atoms with Gasteiger partial charge in [0.15, 0.2) is 0 Å². The second-order valence-electron chi connectivity index (χ2n) is 11.9. The minimum atomic E-state index is -1.49. The van der Waals surface area contributed by atoms with Crippen LogP contribution in [-0.2, 0) is 0 Å². The normalized spacial score (nSPS) is 43.0. The third kappa shape index (κ3) is 4.09. The Hall–Kier alpha value is -0.530. The van der Waals surface area contributed by atoms with Crippen molar-refractivity contribution in [2.45, 2.75) is 114 Å². The molecule has 6 rings (SSSR count). The molecular weight excluding hydrogens is 541 g/mol. The average molecular weight is 583 g/mol. The summed E-state index contributed by atoms with van der Waals surface area (Å²) < 4.78 is 33.4. The third-order valence-electron chi connectivity index (χ3n) is 9.94. The summed E-state index contributed by atoms with van der Waals surface area (Å²) >= 11 is -1.49. The summed E-state index contributed by atoms with van der Waals surface area (Å²) in [7, 11) is 0. The van der Waals surface area contributed by atoms with Gasteiger partial charge in [0.05, 0.1) is 0 Å². The van der Waals surface area contributed by atoms with Crippen molar-refractivity contribution in [3.63, 3.8) is 0 Å².